The zero-order valence-corrected chi connectivity index (χ0v) is 19.6. The van der Waals surface area contributed by atoms with Gasteiger partial charge in [0.05, 0.1) is 35.4 Å². The molecular formula is C26H23N5O2S. The molecule has 7 nitrogen and oxygen atoms in total. The summed E-state index contributed by atoms with van der Waals surface area (Å²) in [6, 6.07) is 17.4. The molecule has 3 aromatic heterocycles. The molecule has 0 bridgehead atoms. The van der Waals surface area contributed by atoms with Crippen LogP contribution in [-0.2, 0) is 13.0 Å². The van der Waals surface area contributed by atoms with Crippen molar-refractivity contribution in [3.8, 4) is 28.4 Å². The third-order valence-electron chi connectivity index (χ3n) is 5.49. The van der Waals surface area contributed by atoms with Gasteiger partial charge in [-0.2, -0.15) is 0 Å². The number of ether oxygens (including phenoxy) is 1. The molecule has 5 rings (SSSR count). The first kappa shape index (κ1) is 21.8. The Kier molecular flexibility index (Phi) is 6.05. The van der Waals surface area contributed by atoms with Crippen LogP contribution >= 0.6 is 11.3 Å². The summed E-state index contributed by atoms with van der Waals surface area (Å²) < 4.78 is 5.41. The molecule has 0 fully saturated rings. The fourth-order valence-electron chi connectivity index (χ4n) is 3.76. The molecule has 5 aromatic rings. The lowest BCUT2D eigenvalue weighted by Crippen LogP contribution is -2.22. The minimum atomic E-state index is -0.144. The number of imidazole rings is 1. The number of aromatic nitrogens is 4. The predicted molar refractivity (Wildman–Crippen MR) is 134 cm³/mol. The van der Waals surface area contributed by atoms with Gasteiger partial charge >= 0.3 is 0 Å². The van der Waals surface area contributed by atoms with E-state index in [4.69, 9.17) is 9.72 Å². The van der Waals surface area contributed by atoms with Gasteiger partial charge in [-0.25, -0.2) is 15.0 Å². The number of carbonyl (C=O) groups is 1. The highest BCUT2D eigenvalue weighted by Crippen LogP contribution is 2.31. The number of thiazole rings is 1. The highest BCUT2D eigenvalue weighted by Gasteiger charge is 2.13. The van der Waals surface area contributed by atoms with E-state index in [0.29, 0.717) is 18.0 Å². The van der Waals surface area contributed by atoms with Crippen molar-refractivity contribution < 1.29 is 9.53 Å². The number of fused-ring (bicyclic) bond motifs is 1. The molecule has 0 radical (unpaired) electrons. The summed E-state index contributed by atoms with van der Waals surface area (Å²) in [7, 11) is 1.61. The van der Waals surface area contributed by atoms with Crippen molar-refractivity contribution in [2.24, 2.45) is 0 Å². The number of hydrogen-bond donors (Lipinski definition) is 2. The van der Waals surface area contributed by atoms with Crippen molar-refractivity contribution in [1.29, 1.82) is 0 Å². The SMILES string of the molecule is CCc1nc(CNC(=O)c2ccc3nc(-c4cccc(-c5cccnc5OC)c4)[nH]c3c2)cs1. The second-order valence-electron chi connectivity index (χ2n) is 7.73. The molecule has 0 aliphatic rings. The highest BCUT2D eigenvalue weighted by molar-refractivity contribution is 7.09. The molecule has 0 saturated carbocycles. The number of pyridine rings is 1. The molecule has 8 heteroatoms. The normalized spacial score (nSPS) is 11.0. The number of carbonyl (C=O) groups excluding carboxylic acids is 1. The molecule has 0 spiro atoms. The number of rotatable bonds is 7. The van der Waals surface area contributed by atoms with Crippen LogP contribution in [0, 0.1) is 0 Å². The van der Waals surface area contributed by atoms with E-state index >= 15 is 0 Å². The lowest BCUT2D eigenvalue weighted by Gasteiger charge is -2.08. The average molecular weight is 470 g/mol. The van der Waals surface area contributed by atoms with Crippen LogP contribution in [0.25, 0.3) is 33.5 Å². The van der Waals surface area contributed by atoms with Crippen LogP contribution in [0.1, 0.15) is 28.0 Å². The van der Waals surface area contributed by atoms with Gasteiger partial charge in [0.15, 0.2) is 0 Å². The number of methoxy groups -OCH3 is 1. The molecule has 3 heterocycles. The average Bonchev–Trinajstić information content (AvgIpc) is 3.53. The molecule has 0 saturated heterocycles. The Morgan fingerprint density at radius 2 is 1.97 bits per heavy atom. The second kappa shape index (κ2) is 9.44. The minimum absolute atomic E-state index is 0.144. The van der Waals surface area contributed by atoms with E-state index < -0.39 is 0 Å². The van der Waals surface area contributed by atoms with E-state index in [-0.39, 0.29) is 5.91 Å². The van der Waals surface area contributed by atoms with Gasteiger partial charge in [0, 0.05) is 28.3 Å². The van der Waals surface area contributed by atoms with Crippen LogP contribution in [0.5, 0.6) is 5.88 Å². The molecule has 0 unspecified atom stereocenters. The summed E-state index contributed by atoms with van der Waals surface area (Å²) in [5.41, 5.74) is 5.87. The maximum atomic E-state index is 12.7. The van der Waals surface area contributed by atoms with Gasteiger partial charge in [-0.1, -0.05) is 25.1 Å². The van der Waals surface area contributed by atoms with Crippen LogP contribution in [0.3, 0.4) is 0 Å². The summed E-state index contributed by atoms with van der Waals surface area (Å²) >= 11 is 1.61. The molecule has 2 aromatic carbocycles. The van der Waals surface area contributed by atoms with E-state index in [1.54, 1.807) is 30.7 Å². The smallest absolute Gasteiger partial charge is 0.251 e. The van der Waals surface area contributed by atoms with E-state index in [1.807, 2.05) is 53.9 Å². The van der Waals surface area contributed by atoms with Gasteiger partial charge in [0.2, 0.25) is 5.88 Å². The molecule has 0 aliphatic heterocycles. The topological polar surface area (TPSA) is 92.8 Å². The lowest BCUT2D eigenvalue weighted by molar-refractivity contribution is 0.0950. The Morgan fingerprint density at radius 3 is 2.79 bits per heavy atom. The fourth-order valence-corrected chi connectivity index (χ4v) is 4.50. The summed E-state index contributed by atoms with van der Waals surface area (Å²) in [6.07, 6.45) is 2.61. The van der Waals surface area contributed by atoms with Crippen molar-refractivity contribution in [2.75, 3.05) is 7.11 Å². The lowest BCUT2D eigenvalue weighted by atomic mass is 10.0. The Bertz CT molecular complexity index is 1470. The van der Waals surface area contributed by atoms with Crippen molar-refractivity contribution in [1.82, 2.24) is 25.3 Å². The van der Waals surface area contributed by atoms with Gasteiger partial charge < -0.3 is 15.0 Å². The van der Waals surface area contributed by atoms with E-state index in [9.17, 15) is 4.79 Å². The summed E-state index contributed by atoms with van der Waals surface area (Å²) in [4.78, 5) is 29.6. The first-order valence-electron chi connectivity index (χ1n) is 11.0. The number of aryl methyl sites for hydroxylation is 1. The van der Waals surface area contributed by atoms with Crippen LogP contribution in [0.2, 0.25) is 0 Å². The van der Waals surface area contributed by atoms with Crippen molar-refractivity contribution >= 4 is 28.3 Å². The maximum absolute atomic E-state index is 12.7. The zero-order valence-electron chi connectivity index (χ0n) is 18.8. The highest BCUT2D eigenvalue weighted by atomic mass is 32.1. The third-order valence-corrected chi connectivity index (χ3v) is 6.53. The molecule has 2 N–H and O–H groups in total. The summed E-state index contributed by atoms with van der Waals surface area (Å²) in [6.45, 7) is 2.48. The van der Waals surface area contributed by atoms with Gasteiger partial charge in [0.25, 0.3) is 5.91 Å². The van der Waals surface area contributed by atoms with Crippen molar-refractivity contribution in [3.05, 3.63) is 82.4 Å². The standard InChI is InChI=1S/C26H23N5O2S/c1-3-23-29-19(15-34-23)14-28-25(32)18-9-10-21-22(13-18)31-24(30-21)17-7-4-6-16(12-17)20-8-5-11-27-26(20)33-2/h4-13,15H,3,14H2,1-2H3,(H,28,32)(H,30,31). The largest absolute Gasteiger partial charge is 0.481 e. The van der Waals surface area contributed by atoms with E-state index in [2.05, 4.69) is 27.2 Å². The first-order valence-corrected chi connectivity index (χ1v) is 11.8. The number of aromatic amines is 1. The molecule has 34 heavy (non-hydrogen) atoms. The van der Waals surface area contributed by atoms with Crippen LogP contribution in [0.15, 0.2) is 66.2 Å². The van der Waals surface area contributed by atoms with Crippen molar-refractivity contribution in [2.45, 2.75) is 19.9 Å². The fraction of sp³-hybridized carbons (Fsp3) is 0.154. The Labute approximate surface area is 200 Å². The van der Waals surface area contributed by atoms with E-state index in [0.717, 1.165) is 50.7 Å². The molecule has 170 valence electrons. The van der Waals surface area contributed by atoms with Crippen LogP contribution in [-0.4, -0.2) is 33.0 Å². The Morgan fingerprint density at radius 1 is 1.09 bits per heavy atom. The number of benzene rings is 2. The van der Waals surface area contributed by atoms with Gasteiger partial charge in [-0.05, 0) is 48.4 Å². The number of nitrogens with one attached hydrogen (secondary N) is 2. The quantitative estimate of drug-likeness (QED) is 0.340. The first-order chi connectivity index (χ1) is 16.6. The number of nitrogens with zero attached hydrogens (tertiary/aromatic N) is 3. The number of H-pyrrole nitrogens is 1. The van der Waals surface area contributed by atoms with E-state index in [1.165, 1.54) is 0 Å². The van der Waals surface area contributed by atoms with Crippen LogP contribution < -0.4 is 10.1 Å². The predicted octanol–water partition coefficient (Wildman–Crippen LogP) is 5.25. The zero-order chi connectivity index (χ0) is 23.5. The number of amides is 1. The summed E-state index contributed by atoms with van der Waals surface area (Å²) in [5, 5.41) is 6.00. The Balaban J connectivity index is 1.38. The van der Waals surface area contributed by atoms with Gasteiger partial charge in [-0.3, -0.25) is 4.79 Å². The van der Waals surface area contributed by atoms with Gasteiger partial charge in [-0.15, -0.1) is 11.3 Å². The maximum Gasteiger partial charge on any atom is 0.251 e. The summed E-state index contributed by atoms with van der Waals surface area (Å²) in [5.74, 6) is 1.16. The van der Waals surface area contributed by atoms with Gasteiger partial charge in [0.1, 0.15) is 5.82 Å². The second-order valence-corrected chi connectivity index (χ2v) is 8.67. The minimum Gasteiger partial charge on any atom is -0.481 e. The Hall–Kier alpha value is -4.04. The molecule has 0 atom stereocenters. The monoisotopic (exact) mass is 469 g/mol. The van der Waals surface area contributed by atoms with Crippen molar-refractivity contribution in [3.63, 3.8) is 0 Å². The molecule has 0 aliphatic carbocycles. The number of hydrogen-bond acceptors (Lipinski definition) is 6. The molecular weight excluding hydrogens is 446 g/mol. The third kappa shape index (κ3) is 4.40. The molecule has 1 amide bonds. The van der Waals surface area contributed by atoms with Crippen LogP contribution in [0.4, 0.5) is 0 Å².